The van der Waals surface area contributed by atoms with Crippen molar-refractivity contribution in [3.8, 4) is 0 Å². The molecule has 1 aromatic rings. The molecule has 0 radical (unpaired) electrons. The number of allylic oxidation sites excluding steroid dienone is 1. The van der Waals surface area contributed by atoms with Gasteiger partial charge in [0.1, 0.15) is 0 Å². The van der Waals surface area contributed by atoms with Crippen LogP contribution in [0, 0.1) is 0 Å². The van der Waals surface area contributed by atoms with E-state index in [0.29, 0.717) is 6.61 Å². The Morgan fingerprint density at radius 2 is 2.10 bits per heavy atom. The summed E-state index contributed by atoms with van der Waals surface area (Å²) in [6.07, 6.45) is 4.06. The monoisotopic (exact) mass is 289 g/mol. The molecule has 0 heterocycles. The minimum atomic E-state index is 0.631. The zero-order valence-electron chi connectivity index (χ0n) is 13.4. The van der Waals surface area contributed by atoms with Crippen LogP contribution in [0.25, 0.3) is 0 Å². The van der Waals surface area contributed by atoms with Crippen molar-refractivity contribution in [2.75, 3.05) is 27.7 Å². The van der Waals surface area contributed by atoms with Crippen LogP contribution in [0.4, 0.5) is 0 Å². The summed E-state index contributed by atoms with van der Waals surface area (Å²) in [5, 5.41) is 3.41. The van der Waals surface area contributed by atoms with Crippen molar-refractivity contribution in [2.24, 2.45) is 4.99 Å². The fourth-order valence-electron chi connectivity index (χ4n) is 2.16. The zero-order valence-corrected chi connectivity index (χ0v) is 13.4. The number of hydrogen-bond acceptors (Lipinski definition) is 2. The Kier molecular flexibility index (Phi) is 8.21. The Labute approximate surface area is 128 Å². The summed E-state index contributed by atoms with van der Waals surface area (Å²) >= 11 is 0. The summed E-state index contributed by atoms with van der Waals surface area (Å²) < 4.78 is 5.24. The molecule has 0 atom stereocenters. The molecule has 1 aromatic carbocycles. The molecule has 0 bridgehead atoms. The van der Waals surface area contributed by atoms with Crippen LogP contribution in [-0.2, 0) is 17.9 Å². The van der Waals surface area contributed by atoms with Gasteiger partial charge in [-0.3, -0.25) is 4.99 Å². The van der Waals surface area contributed by atoms with Crippen LogP contribution in [-0.4, -0.2) is 38.6 Å². The van der Waals surface area contributed by atoms with E-state index in [0.717, 1.165) is 31.9 Å². The third-order valence-corrected chi connectivity index (χ3v) is 3.33. The standard InChI is InChI=1S/C17H27N3O/c1-5-6-9-12-20(3)17(18-2)19-13-15-10-7-8-11-16(15)14-21-4/h5,7-8,10-11H,1,6,9,12-14H2,2-4H3,(H,18,19). The fourth-order valence-corrected chi connectivity index (χ4v) is 2.16. The minimum Gasteiger partial charge on any atom is -0.380 e. The molecule has 0 aliphatic rings. The lowest BCUT2D eigenvalue weighted by molar-refractivity contribution is 0.184. The number of nitrogens with zero attached hydrogens (tertiary/aromatic N) is 2. The number of ether oxygens (including phenoxy) is 1. The van der Waals surface area contributed by atoms with Gasteiger partial charge < -0.3 is 15.0 Å². The number of hydrogen-bond donors (Lipinski definition) is 1. The normalized spacial score (nSPS) is 11.3. The molecule has 0 aliphatic carbocycles. The summed E-state index contributed by atoms with van der Waals surface area (Å²) in [6.45, 7) is 6.09. The lowest BCUT2D eigenvalue weighted by atomic mass is 10.1. The third-order valence-electron chi connectivity index (χ3n) is 3.33. The smallest absolute Gasteiger partial charge is 0.193 e. The first kappa shape index (κ1) is 17.2. The van der Waals surface area contributed by atoms with Crippen molar-refractivity contribution in [3.63, 3.8) is 0 Å². The summed E-state index contributed by atoms with van der Waals surface area (Å²) in [6, 6.07) is 8.30. The highest BCUT2D eigenvalue weighted by atomic mass is 16.5. The Hall–Kier alpha value is -1.81. The second kappa shape index (κ2) is 10.00. The van der Waals surface area contributed by atoms with Crippen molar-refractivity contribution in [3.05, 3.63) is 48.0 Å². The molecule has 21 heavy (non-hydrogen) atoms. The summed E-state index contributed by atoms with van der Waals surface area (Å²) in [4.78, 5) is 6.47. The predicted octanol–water partition coefficient (Wildman–Crippen LogP) is 2.81. The second-order valence-electron chi connectivity index (χ2n) is 4.95. The SMILES string of the molecule is C=CCCCN(C)C(=NC)NCc1ccccc1COC. The van der Waals surface area contributed by atoms with Crippen molar-refractivity contribution in [1.29, 1.82) is 0 Å². The second-order valence-corrected chi connectivity index (χ2v) is 4.95. The summed E-state index contributed by atoms with van der Waals surface area (Å²) in [5.41, 5.74) is 2.44. The minimum absolute atomic E-state index is 0.631. The highest BCUT2D eigenvalue weighted by Crippen LogP contribution is 2.09. The summed E-state index contributed by atoms with van der Waals surface area (Å²) in [7, 11) is 5.59. The molecular weight excluding hydrogens is 262 g/mol. The van der Waals surface area contributed by atoms with E-state index >= 15 is 0 Å². The number of benzene rings is 1. The molecule has 4 nitrogen and oxygen atoms in total. The Bertz CT molecular complexity index is 457. The molecule has 1 rings (SSSR count). The molecule has 0 saturated carbocycles. The first-order valence-electron chi connectivity index (χ1n) is 7.31. The lowest BCUT2D eigenvalue weighted by Gasteiger charge is -2.22. The van der Waals surface area contributed by atoms with E-state index < -0.39 is 0 Å². The highest BCUT2D eigenvalue weighted by Gasteiger charge is 2.06. The first-order valence-corrected chi connectivity index (χ1v) is 7.31. The lowest BCUT2D eigenvalue weighted by Crippen LogP contribution is -2.39. The van der Waals surface area contributed by atoms with Gasteiger partial charge in [-0.1, -0.05) is 30.3 Å². The molecule has 0 unspecified atom stereocenters. The number of rotatable bonds is 8. The topological polar surface area (TPSA) is 36.9 Å². The van der Waals surface area contributed by atoms with E-state index in [-0.39, 0.29) is 0 Å². The van der Waals surface area contributed by atoms with E-state index in [1.807, 2.05) is 25.3 Å². The van der Waals surface area contributed by atoms with E-state index in [1.54, 1.807) is 7.11 Å². The van der Waals surface area contributed by atoms with E-state index in [4.69, 9.17) is 4.74 Å². The van der Waals surface area contributed by atoms with Gasteiger partial charge in [-0.2, -0.15) is 0 Å². The fraction of sp³-hybridized carbons (Fsp3) is 0.471. The van der Waals surface area contributed by atoms with Crippen LogP contribution in [0.5, 0.6) is 0 Å². The molecular formula is C17H27N3O. The number of guanidine groups is 1. The van der Waals surface area contributed by atoms with E-state index in [2.05, 4.69) is 41.0 Å². The molecule has 116 valence electrons. The molecule has 0 fully saturated rings. The van der Waals surface area contributed by atoms with E-state index in [9.17, 15) is 0 Å². The average molecular weight is 289 g/mol. The van der Waals surface area contributed by atoms with Gasteiger partial charge in [0.25, 0.3) is 0 Å². The maximum Gasteiger partial charge on any atom is 0.193 e. The predicted molar refractivity (Wildman–Crippen MR) is 89.4 cm³/mol. The molecule has 1 N–H and O–H groups in total. The van der Waals surface area contributed by atoms with Gasteiger partial charge in [-0.25, -0.2) is 0 Å². The quantitative estimate of drug-likeness (QED) is 0.346. The molecule has 0 spiro atoms. The maximum absolute atomic E-state index is 5.24. The molecule has 0 amide bonds. The van der Waals surface area contributed by atoms with Crippen molar-refractivity contribution >= 4 is 5.96 Å². The van der Waals surface area contributed by atoms with Crippen molar-refractivity contribution in [2.45, 2.75) is 26.0 Å². The van der Waals surface area contributed by atoms with Crippen molar-refractivity contribution < 1.29 is 4.74 Å². The number of unbranched alkanes of at least 4 members (excludes halogenated alkanes) is 1. The Morgan fingerprint density at radius 3 is 2.71 bits per heavy atom. The van der Waals surface area contributed by atoms with Crippen molar-refractivity contribution in [1.82, 2.24) is 10.2 Å². The molecule has 0 aliphatic heterocycles. The van der Waals surface area contributed by atoms with Crippen LogP contribution in [0.3, 0.4) is 0 Å². The van der Waals surface area contributed by atoms with Gasteiger partial charge in [-0.05, 0) is 24.0 Å². The van der Waals surface area contributed by atoms with Crippen LogP contribution < -0.4 is 5.32 Å². The van der Waals surface area contributed by atoms with Gasteiger partial charge in [0.2, 0.25) is 0 Å². The highest BCUT2D eigenvalue weighted by molar-refractivity contribution is 5.79. The van der Waals surface area contributed by atoms with Crippen LogP contribution >= 0.6 is 0 Å². The van der Waals surface area contributed by atoms with Gasteiger partial charge in [0.05, 0.1) is 6.61 Å². The summed E-state index contributed by atoms with van der Waals surface area (Å²) in [5.74, 6) is 0.909. The van der Waals surface area contributed by atoms with Gasteiger partial charge in [-0.15, -0.1) is 6.58 Å². The Balaban J connectivity index is 2.57. The number of aliphatic imine (C=N–C) groups is 1. The number of methoxy groups -OCH3 is 1. The number of nitrogens with one attached hydrogen (secondary N) is 1. The van der Waals surface area contributed by atoms with Crippen LogP contribution in [0.1, 0.15) is 24.0 Å². The van der Waals surface area contributed by atoms with Crippen LogP contribution in [0.15, 0.2) is 41.9 Å². The molecule has 0 aromatic heterocycles. The molecule has 4 heteroatoms. The third kappa shape index (κ3) is 6.00. The first-order chi connectivity index (χ1) is 10.2. The van der Waals surface area contributed by atoms with E-state index in [1.165, 1.54) is 11.1 Å². The Morgan fingerprint density at radius 1 is 1.38 bits per heavy atom. The largest absolute Gasteiger partial charge is 0.380 e. The van der Waals surface area contributed by atoms with Gasteiger partial charge >= 0.3 is 0 Å². The van der Waals surface area contributed by atoms with Gasteiger partial charge in [0, 0.05) is 34.3 Å². The molecule has 0 saturated heterocycles. The average Bonchev–Trinajstić information content (AvgIpc) is 2.50. The zero-order chi connectivity index (χ0) is 15.5. The van der Waals surface area contributed by atoms with Crippen LogP contribution in [0.2, 0.25) is 0 Å². The maximum atomic E-state index is 5.24. The van der Waals surface area contributed by atoms with Gasteiger partial charge in [0.15, 0.2) is 5.96 Å².